The number of nitrogens with zero attached hydrogens (tertiary/aromatic N) is 2. The SMILES string of the molecule is O=C(c1ccccc1)N1N=C(C2CCCCC2)C[C@@]1(O)C(F)(F)F. The number of aliphatic hydroxyl groups is 1. The average Bonchev–Trinajstić information content (AvgIpc) is 2.95. The van der Waals surface area contributed by atoms with Gasteiger partial charge in [0.25, 0.3) is 11.6 Å². The third kappa shape index (κ3) is 2.92. The van der Waals surface area contributed by atoms with Crippen molar-refractivity contribution < 1.29 is 23.1 Å². The van der Waals surface area contributed by atoms with Gasteiger partial charge in [-0.2, -0.15) is 23.3 Å². The van der Waals surface area contributed by atoms with E-state index < -0.39 is 24.2 Å². The molecule has 0 unspecified atom stereocenters. The molecule has 130 valence electrons. The molecule has 0 bridgehead atoms. The second-order valence-electron chi connectivity index (χ2n) is 6.40. The average molecular weight is 340 g/mol. The minimum Gasteiger partial charge on any atom is -0.362 e. The predicted octanol–water partition coefficient (Wildman–Crippen LogP) is 3.72. The summed E-state index contributed by atoms with van der Waals surface area (Å²) in [7, 11) is 0. The van der Waals surface area contributed by atoms with Gasteiger partial charge in [0.15, 0.2) is 0 Å². The molecule has 1 heterocycles. The van der Waals surface area contributed by atoms with Crippen LogP contribution in [0.2, 0.25) is 0 Å². The van der Waals surface area contributed by atoms with Crippen molar-refractivity contribution in [2.24, 2.45) is 11.0 Å². The molecule has 1 amide bonds. The van der Waals surface area contributed by atoms with Gasteiger partial charge in [-0.05, 0) is 30.9 Å². The molecule has 0 spiro atoms. The van der Waals surface area contributed by atoms with E-state index in [1.807, 2.05) is 0 Å². The first-order valence-electron chi connectivity index (χ1n) is 8.09. The Balaban J connectivity index is 1.94. The zero-order valence-electron chi connectivity index (χ0n) is 13.1. The number of hydrogen-bond donors (Lipinski definition) is 1. The molecule has 1 saturated carbocycles. The molecule has 1 aromatic rings. The van der Waals surface area contributed by atoms with Crippen molar-refractivity contribution in [2.75, 3.05) is 0 Å². The maximum atomic E-state index is 13.5. The van der Waals surface area contributed by atoms with E-state index in [-0.39, 0.29) is 22.2 Å². The Hall–Kier alpha value is -1.89. The molecule has 0 radical (unpaired) electrons. The first kappa shape index (κ1) is 17.0. The highest BCUT2D eigenvalue weighted by Gasteiger charge is 2.63. The zero-order valence-corrected chi connectivity index (χ0v) is 13.1. The van der Waals surface area contributed by atoms with Gasteiger partial charge >= 0.3 is 6.18 Å². The molecule has 2 aliphatic rings. The number of alkyl halides is 3. The third-order valence-electron chi connectivity index (χ3n) is 4.75. The Labute approximate surface area is 138 Å². The van der Waals surface area contributed by atoms with Gasteiger partial charge in [0.2, 0.25) is 0 Å². The fourth-order valence-corrected chi connectivity index (χ4v) is 3.37. The van der Waals surface area contributed by atoms with Gasteiger partial charge in [-0.25, -0.2) is 0 Å². The van der Waals surface area contributed by atoms with E-state index in [1.54, 1.807) is 18.2 Å². The molecule has 7 heteroatoms. The van der Waals surface area contributed by atoms with E-state index in [4.69, 9.17) is 0 Å². The highest BCUT2D eigenvalue weighted by molar-refractivity contribution is 5.98. The largest absolute Gasteiger partial charge is 0.438 e. The summed E-state index contributed by atoms with van der Waals surface area (Å²) >= 11 is 0. The lowest BCUT2D eigenvalue weighted by Gasteiger charge is -2.32. The van der Waals surface area contributed by atoms with Crippen molar-refractivity contribution in [2.45, 2.75) is 50.4 Å². The molecule has 1 fully saturated rings. The molecule has 1 aromatic carbocycles. The Bertz CT molecular complexity index is 639. The monoisotopic (exact) mass is 340 g/mol. The summed E-state index contributed by atoms with van der Waals surface area (Å²) in [5.74, 6) is -1.04. The van der Waals surface area contributed by atoms with Crippen LogP contribution in [0.5, 0.6) is 0 Å². The Morgan fingerprint density at radius 1 is 1.17 bits per heavy atom. The summed E-state index contributed by atoms with van der Waals surface area (Å²) < 4.78 is 40.5. The number of carbonyl (C=O) groups is 1. The van der Waals surface area contributed by atoms with Crippen LogP contribution in [-0.2, 0) is 0 Å². The zero-order chi connectivity index (χ0) is 17.4. The molecule has 4 nitrogen and oxygen atoms in total. The smallest absolute Gasteiger partial charge is 0.362 e. The van der Waals surface area contributed by atoms with Gasteiger partial charge in [0.05, 0.1) is 0 Å². The second-order valence-corrected chi connectivity index (χ2v) is 6.40. The molecule has 3 rings (SSSR count). The van der Waals surface area contributed by atoms with E-state index >= 15 is 0 Å². The minimum absolute atomic E-state index is 0.0637. The Morgan fingerprint density at radius 2 is 1.79 bits per heavy atom. The van der Waals surface area contributed by atoms with E-state index in [1.165, 1.54) is 12.1 Å². The minimum atomic E-state index is -4.97. The topological polar surface area (TPSA) is 52.9 Å². The van der Waals surface area contributed by atoms with Gasteiger partial charge in [-0.15, -0.1) is 0 Å². The van der Waals surface area contributed by atoms with Gasteiger partial charge in [-0.3, -0.25) is 4.79 Å². The molecule has 1 atom stereocenters. The first-order chi connectivity index (χ1) is 11.3. The van der Waals surface area contributed by atoms with Crippen LogP contribution < -0.4 is 0 Å². The second kappa shape index (κ2) is 6.20. The lowest BCUT2D eigenvalue weighted by Crippen LogP contribution is -2.56. The lowest BCUT2D eigenvalue weighted by molar-refractivity contribution is -0.297. The van der Waals surface area contributed by atoms with Crippen LogP contribution in [0.1, 0.15) is 48.9 Å². The van der Waals surface area contributed by atoms with E-state index in [0.29, 0.717) is 0 Å². The summed E-state index contributed by atoms with van der Waals surface area (Å²) in [6.07, 6.45) is -1.22. The van der Waals surface area contributed by atoms with Crippen molar-refractivity contribution in [1.82, 2.24) is 5.01 Å². The predicted molar refractivity (Wildman–Crippen MR) is 82.2 cm³/mol. The number of hydrogen-bond acceptors (Lipinski definition) is 3. The lowest BCUT2D eigenvalue weighted by atomic mass is 9.83. The highest BCUT2D eigenvalue weighted by atomic mass is 19.4. The maximum Gasteiger partial charge on any atom is 0.438 e. The third-order valence-corrected chi connectivity index (χ3v) is 4.75. The van der Waals surface area contributed by atoms with Crippen molar-refractivity contribution in [3.05, 3.63) is 35.9 Å². The highest BCUT2D eigenvalue weighted by Crippen LogP contribution is 2.43. The number of amides is 1. The molecule has 1 aliphatic heterocycles. The van der Waals surface area contributed by atoms with Gasteiger partial charge in [-0.1, -0.05) is 37.5 Å². The normalized spacial score (nSPS) is 25.7. The number of benzene rings is 1. The Morgan fingerprint density at radius 3 is 2.38 bits per heavy atom. The number of hydrazone groups is 1. The van der Waals surface area contributed by atoms with Crippen LogP contribution in [0, 0.1) is 5.92 Å². The van der Waals surface area contributed by atoms with E-state index in [2.05, 4.69) is 5.10 Å². The summed E-state index contributed by atoms with van der Waals surface area (Å²) in [6, 6.07) is 7.59. The van der Waals surface area contributed by atoms with E-state index in [9.17, 15) is 23.1 Å². The van der Waals surface area contributed by atoms with E-state index in [0.717, 1.165) is 32.1 Å². The summed E-state index contributed by atoms with van der Waals surface area (Å²) in [4.78, 5) is 12.5. The van der Waals surface area contributed by atoms with Crippen molar-refractivity contribution in [3.63, 3.8) is 0 Å². The van der Waals surface area contributed by atoms with Crippen LogP contribution >= 0.6 is 0 Å². The summed E-state index contributed by atoms with van der Waals surface area (Å²) in [5.41, 5.74) is -2.93. The van der Waals surface area contributed by atoms with Gasteiger partial charge < -0.3 is 5.11 Å². The standard InChI is InChI=1S/C17H19F3N2O2/c18-17(19,20)16(24)11-14(12-7-3-1-4-8-12)21-22(16)15(23)13-9-5-2-6-10-13/h2,5-6,9-10,12,24H,1,3-4,7-8,11H2/t16-/m1/s1. The molecule has 1 aliphatic carbocycles. The number of carbonyl (C=O) groups excluding carboxylic acids is 1. The van der Waals surface area contributed by atoms with Crippen LogP contribution in [-0.4, -0.2) is 33.6 Å². The first-order valence-corrected chi connectivity index (χ1v) is 8.09. The van der Waals surface area contributed by atoms with Crippen LogP contribution in [0.3, 0.4) is 0 Å². The number of halogens is 3. The molecular formula is C17H19F3N2O2. The molecular weight excluding hydrogens is 321 g/mol. The molecule has 0 aromatic heterocycles. The van der Waals surface area contributed by atoms with Crippen molar-refractivity contribution in [1.29, 1.82) is 0 Å². The van der Waals surface area contributed by atoms with Gasteiger partial charge in [0.1, 0.15) is 0 Å². The maximum absolute atomic E-state index is 13.5. The Kier molecular flexibility index (Phi) is 4.38. The number of rotatable bonds is 2. The molecule has 24 heavy (non-hydrogen) atoms. The summed E-state index contributed by atoms with van der Waals surface area (Å²) in [5, 5.41) is 14.5. The van der Waals surface area contributed by atoms with Crippen molar-refractivity contribution in [3.8, 4) is 0 Å². The van der Waals surface area contributed by atoms with Crippen LogP contribution in [0.4, 0.5) is 13.2 Å². The fraction of sp³-hybridized carbons (Fsp3) is 0.529. The van der Waals surface area contributed by atoms with Crippen LogP contribution in [0.25, 0.3) is 0 Å². The molecule has 0 saturated heterocycles. The van der Waals surface area contributed by atoms with Gasteiger partial charge in [0, 0.05) is 17.7 Å². The summed E-state index contributed by atoms with van der Waals surface area (Å²) in [6.45, 7) is 0. The molecule has 1 N–H and O–H groups in total. The van der Waals surface area contributed by atoms with Crippen LogP contribution in [0.15, 0.2) is 35.4 Å². The van der Waals surface area contributed by atoms with Crippen molar-refractivity contribution >= 4 is 11.6 Å². The fourth-order valence-electron chi connectivity index (χ4n) is 3.37. The quantitative estimate of drug-likeness (QED) is 0.892.